The monoisotopic (exact) mass is 342 g/mol. The number of ketones is 2. The maximum absolute atomic E-state index is 12.8. The highest BCUT2D eigenvalue weighted by atomic mass is 16.1. The molecule has 0 saturated carbocycles. The molecule has 0 bridgehead atoms. The molecule has 0 aliphatic heterocycles. The summed E-state index contributed by atoms with van der Waals surface area (Å²) < 4.78 is 0. The first kappa shape index (κ1) is 17.8. The minimum absolute atomic E-state index is 0.0167. The molecule has 0 N–H and O–H groups in total. The number of hydrogen-bond acceptors (Lipinski definition) is 2. The Balaban J connectivity index is 1.91. The van der Waals surface area contributed by atoms with Crippen molar-refractivity contribution in [2.45, 2.75) is 27.7 Å². The van der Waals surface area contributed by atoms with E-state index in [9.17, 15) is 9.59 Å². The molecule has 130 valence electrons. The first-order valence-electron chi connectivity index (χ1n) is 8.72. The van der Waals surface area contributed by atoms with Crippen molar-refractivity contribution in [3.8, 4) is 0 Å². The molecule has 0 atom stereocenters. The van der Waals surface area contributed by atoms with E-state index < -0.39 is 0 Å². The van der Waals surface area contributed by atoms with Gasteiger partial charge in [-0.1, -0.05) is 60.7 Å². The van der Waals surface area contributed by atoms with E-state index in [0.29, 0.717) is 22.3 Å². The van der Waals surface area contributed by atoms with Crippen molar-refractivity contribution in [2.24, 2.45) is 0 Å². The summed E-state index contributed by atoms with van der Waals surface area (Å²) in [7, 11) is 0. The van der Waals surface area contributed by atoms with E-state index in [1.165, 1.54) is 0 Å². The number of hydrogen-bond donors (Lipinski definition) is 0. The largest absolute Gasteiger partial charge is 0.289 e. The minimum Gasteiger partial charge on any atom is -0.289 e. The number of aryl methyl sites for hydroxylation is 2. The first-order chi connectivity index (χ1) is 12.4. The molecule has 0 spiro atoms. The van der Waals surface area contributed by atoms with E-state index in [1.807, 2.05) is 64.1 Å². The summed E-state index contributed by atoms with van der Waals surface area (Å²) in [5.41, 5.74) is 6.78. The summed E-state index contributed by atoms with van der Waals surface area (Å²) in [6.45, 7) is 7.91. The van der Waals surface area contributed by atoms with E-state index in [0.717, 1.165) is 22.3 Å². The van der Waals surface area contributed by atoms with Gasteiger partial charge in [0.05, 0.1) is 0 Å². The molecule has 0 aliphatic rings. The summed E-state index contributed by atoms with van der Waals surface area (Å²) in [4.78, 5) is 25.6. The Kier molecular flexibility index (Phi) is 4.85. The second-order valence-electron chi connectivity index (χ2n) is 6.73. The third-order valence-corrected chi connectivity index (χ3v) is 5.11. The lowest BCUT2D eigenvalue weighted by molar-refractivity contribution is 0.102. The summed E-state index contributed by atoms with van der Waals surface area (Å²) in [6, 6.07) is 18.4. The molecule has 0 aromatic heterocycles. The van der Waals surface area contributed by atoms with Gasteiger partial charge in [-0.3, -0.25) is 9.59 Å². The van der Waals surface area contributed by atoms with Crippen LogP contribution in [-0.2, 0) is 0 Å². The smallest absolute Gasteiger partial charge is 0.193 e. The van der Waals surface area contributed by atoms with Gasteiger partial charge < -0.3 is 0 Å². The van der Waals surface area contributed by atoms with Crippen LogP contribution in [0.5, 0.6) is 0 Å². The minimum atomic E-state index is -0.0167. The van der Waals surface area contributed by atoms with Gasteiger partial charge in [-0.05, 0) is 49.9 Å². The lowest BCUT2D eigenvalue weighted by Crippen LogP contribution is -2.07. The quantitative estimate of drug-likeness (QED) is 0.596. The highest BCUT2D eigenvalue weighted by molar-refractivity contribution is 6.12. The molecule has 3 aromatic carbocycles. The van der Waals surface area contributed by atoms with Gasteiger partial charge in [0.1, 0.15) is 0 Å². The van der Waals surface area contributed by atoms with Gasteiger partial charge in [-0.25, -0.2) is 0 Å². The zero-order valence-electron chi connectivity index (χ0n) is 15.6. The number of benzene rings is 3. The van der Waals surface area contributed by atoms with Crippen LogP contribution in [0.2, 0.25) is 0 Å². The van der Waals surface area contributed by atoms with Crippen LogP contribution < -0.4 is 0 Å². The molecular weight excluding hydrogens is 320 g/mol. The van der Waals surface area contributed by atoms with Crippen molar-refractivity contribution in [1.82, 2.24) is 0 Å². The van der Waals surface area contributed by atoms with Crippen LogP contribution in [0.3, 0.4) is 0 Å². The van der Waals surface area contributed by atoms with Crippen LogP contribution in [0.4, 0.5) is 0 Å². The normalized spacial score (nSPS) is 10.6. The Morgan fingerprint density at radius 3 is 1.23 bits per heavy atom. The van der Waals surface area contributed by atoms with Crippen LogP contribution in [0, 0.1) is 27.7 Å². The molecule has 0 unspecified atom stereocenters. The lowest BCUT2D eigenvalue weighted by Gasteiger charge is -2.10. The van der Waals surface area contributed by atoms with E-state index in [-0.39, 0.29) is 11.6 Å². The van der Waals surface area contributed by atoms with Crippen molar-refractivity contribution < 1.29 is 9.59 Å². The second kappa shape index (κ2) is 7.09. The highest BCUT2D eigenvalue weighted by Crippen LogP contribution is 2.20. The van der Waals surface area contributed by atoms with Crippen LogP contribution >= 0.6 is 0 Å². The van der Waals surface area contributed by atoms with Crippen LogP contribution in [0.15, 0.2) is 60.7 Å². The van der Waals surface area contributed by atoms with Crippen LogP contribution in [-0.4, -0.2) is 11.6 Å². The van der Waals surface area contributed by atoms with Gasteiger partial charge in [-0.15, -0.1) is 0 Å². The van der Waals surface area contributed by atoms with Crippen molar-refractivity contribution >= 4 is 11.6 Å². The van der Waals surface area contributed by atoms with Crippen molar-refractivity contribution in [1.29, 1.82) is 0 Å². The molecule has 3 rings (SSSR count). The third-order valence-electron chi connectivity index (χ3n) is 5.11. The van der Waals surface area contributed by atoms with E-state index in [4.69, 9.17) is 0 Å². The molecule has 0 amide bonds. The van der Waals surface area contributed by atoms with E-state index >= 15 is 0 Å². The summed E-state index contributed by atoms with van der Waals surface area (Å²) >= 11 is 0. The molecule has 26 heavy (non-hydrogen) atoms. The molecule has 0 fully saturated rings. The van der Waals surface area contributed by atoms with E-state index in [1.54, 1.807) is 24.3 Å². The number of carbonyl (C=O) groups is 2. The zero-order chi connectivity index (χ0) is 18.8. The van der Waals surface area contributed by atoms with E-state index in [2.05, 4.69) is 0 Å². The average molecular weight is 342 g/mol. The Hall–Kier alpha value is -3.00. The van der Waals surface area contributed by atoms with Crippen molar-refractivity contribution in [3.05, 3.63) is 105 Å². The maximum Gasteiger partial charge on any atom is 0.193 e. The predicted octanol–water partition coefficient (Wildman–Crippen LogP) is 5.38. The molecule has 3 aromatic rings. The molecule has 0 aliphatic carbocycles. The standard InChI is InChI=1S/C24H22O2/c1-15-7-5-9-21(17(15)3)23(25)19-11-13-20(14-12-19)24(26)22-10-6-8-16(2)18(22)4/h5-14H,1-4H3. The van der Waals surface area contributed by atoms with Gasteiger partial charge in [-0.2, -0.15) is 0 Å². The van der Waals surface area contributed by atoms with Crippen LogP contribution in [0.25, 0.3) is 0 Å². The maximum atomic E-state index is 12.8. The Labute approximate surface area is 154 Å². The fraction of sp³-hybridized carbons (Fsp3) is 0.167. The highest BCUT2D eigenvalue weighted by Gasteiger charge is 2.16. The van der Waals surface area contributed by atoms with Crippen molar-refractivity contribution in [2.75, 3.05) is 0 Å². The average Bonchev–Trinajstić information content (AvgIpc) is 2.65. The van der Waals surface area contributed by atoms with Crippen LogP contribution in [0.1, 0.15) is 54.1 Å². The Morgan fingerprint density at radius 1 is 0.538 bits per heavy atom. The molecule has 0 saturated heterocycles. The summed E-state index contributed by atoms with van der Waals surface area (Å²) in [5.74, 6) is -0.0335. The summed E-state index contributed by atoms with van der Waals surface area (Å²) in [6.07, 6.45) is 0. The molecule has 0 radical (unpaired) electrons. The van der Waals surface area contributed by atoms with Gasteiger partial charge >= 0.3 is 0 Å². The van der Waals surface area contributed by atoms with Gasteiger partial charge in [0, 0.05) is 22.3 Å². The summed E-state index contributed by atoms with van der Waals surface area (Å²) in [5, 5.41) is 0. The number of carbonyl (C=O) groups excluding carboxylic acids is 2. The first-order valence-corrected chi connectivity index (χ1v) is 8.72. The molecular formula is C24H22O2. The predicted molar refractivity (Wildman–Crippen MR) is 105 cm³/mol. The number of rotatable bonds is 4. The fourth-order valence-corrected chi connectivity index (χ4v) is 3.08. The fourth-order valence-electron chi connectivity index (χ4n) is 3.08. The van der Waals surface area contributed by atoms with Gasteiger partial charge in [0.2, 0.25) is 0 Å². The Morgan fingerprint density at radius 2 is 0.885 bits per heavy atom. The Bertz CT molecular complexity index is 913. The molecule has 2 nitrogen and oxygen atoms in total. The zero-order valence-corrected chi connectivity index (χ0v) is 15.6. The molecule has 0 heterocycles. The second-order valence-corrected chi connectivity index (χ2v) is 6.73. The third kappa shape index (κ3) is 3.23. The topological polar surface area (TPSA) is 34.1 Å². The molecule has 2 heteroatoms. The SMILES string of the molecule is Cc1cccc(C(=O)c2ccc(C(=O)c3cccc(C)c3C)cc2)c1C. The van der Waals surface area contributed by atoms with Gasteiger partial charge in [0.25, 0.3) is 0 Å². The lowest BCUT2D eigenvalue weighted by atomic mass is 9.93. The van der Waals surface area contributed by atoms with Gasteiger partial charge in [0.15, 0.2) is 11.6 Å². The van der Waals surface area contributed by atoms with Crippen molar-refractivity contribution in [3.63, 3.8) is 0 Å².